The molecule has 0 spiro atoms. The van der Waals surface area contributed by atoms with Crippen LogP contribution in [-0.4, -0.2) is 37.1 Å². The lowest BCUT2D eigenvalue weighted by Gasteiger charge is -2.47. The minimum atomic E-state index is -0.384. The molecule has 3 heteroatoms. The van der Waals surface area contributed by atoms with Gasteiger partial charge < -0.3 is 9.64 Å². The van der Waals surface area contributed by atoms with E-state index < -0.39 is 0 Å². The molecule has 0 amide bonds. The van der Waals surface area contributed by atoms with Crippen molar-refractivity contribution >= 4 is 5.97 Å². The zero-order chi connectivity index (χ0) is 11.7. The predicted molar refractivity (Wildman–Crippen MR) is 60.6 cm³/mol. The second kappa shape index (κ2) is 4.12. The molecular weight excluding hydrogens is 190 g/mol. The van der Waals surface area contributed by atoms with Gasteiger partial charge in [-0.1, -0.05) is 13.8 Å². The molecule has 0 atom stereocenters. The number of carbonyl (C=O) groups is 1. The standard InChI is InChI=1S/C12H23NO2/c1-6-13-7-12(5,8-13)9-15-10(14)11(2,3)4/h6-9H2,1-5H3. The van der Waals surface area contributed by atoms with Crippen molar-refractivity contribution in [3.63, 3.8) is 0 Å². The highest BCUT2D eigenvalue weighted by Crippen LogP contribution is 2.30. The number of hydrogen-bond acceptors (Lipinski definition) is 3. The molecule has 88 valence electrons. The summed E-state index contributed by atoms with van der Waals surface area (Å²) in [5.74, 6) is -0.0985. The van der Waals surface area contributed by atoms with Crippen molar-refractivity contribution in [2.45, 2.75) is 34.6 Å². The van der Waals surface area contributed by atoms with Gasteiger partial charge in [0.2, 0.25) is 0 Å². The van der Waals surface area contributed by atoms with E-state index in [2.05, 4.69) is 18.7 Å². The maximum atomic E-state index is 11.6. The average Bonchev–Trinajstić information content (AvgIpc) is 2.07. The van der Waals surface area contributed by atoms with Gasteiger partial charge in [0.15, 0.2) is 0 Å². The van der Waals surface area contributed by atoms with E-state index in [0.29, 0.717) is 6.61 Å². The SMILES string of the molecule is CCN1CC(C)(COC(=O)C(C)(C)C)C1. The largest absolute Gasteiger partial charge is 0.465 e. The van der Waals surface area contributed by atoms with Crippen LogP contribution in [0.5, 0.6) is 0 Å². The quantitative estimate of drug-likeness (QED) is 0.671. The molecule has 15 heavy (non-hydrogen) atoms. The van der Waals surface area contributed by atoms with Crippen LogP contribution in [-0.2, 0) is 9.53 Å². The molecule has 0 bridgehead atoms. The zero-order valence-corrected chi connectivity index (χ0v) is 10.6. The van der Waals surface area contributed by atoms with Gasteiger partial charge in [-0.3, -0.25) is 4.79 Å². The van der Waals surface area contributed by atoms with Gasteiger partial charge >= 0.3 is 5.97 Å². The fourth-order valence-electron chi connectivity index (χ4n) is 1.80. The summed E-state index contributed by atoms with van der Waals surface area (Å²) in [6.07, 6.45) is 0. The third kappa shape index (κ3) is 3.20. The Kier molecular flexibility index (Phi) is 3.44. The van der Waals surface area contributed by atoms with Crippen molar-refractivity contribution in [2.75, 3.05) is 26.2 Å². The summed E-state index contributed by atoms with van der Waals surface area (Å²) in [4.78, 5) is 13.9. The van der Waals surface area contributed by atoms with Gasteiger partial charge in [-0.05, 0) is 27.3 Å². The van der Waals surface area contributed by atoms with Crippen LogP contribution in [0.15, 0.2) is 0 Å². The maximum Gasteiger partial charge on any atom is 0.311 e. The molecule has 1 heterocycles. The van der Waals surface area contributed by atoms with Crippen LogP contribution in [0, 0.1) is 10.8 Å². The third-order valence-corrected chi connectivity index (χ3v) is 2.82. The van der Waals surface area contributed by atoms with E-state index in [1.165, 1.54) is 0 Å². The summed E-state index contributed by atoms with van der Waals surface area (Å²) in [6.45, 7) is 13.7. The van der Waals surface area contributed by atoms with Crippen LogP contribution in [0.4, 0.5) is 0 Å². The van der Waals surface area contributed by atoms with E-state index in [1.54, 1.807) is 0 Å². The van der Waals surface area contributed by atoms with Crippen LogP contribution in [0.2, 0.25) is 0 Å². The topological polar surface area (TPSA) is 29.5 Å². The van der Waals surface area contributed by atoms with E-state index in [1.807, 2.05) is 20.8 Å². The molecule has 0 aromatic heterocycles. The van der Waals surface area contributed by atoms with Gasteiger partial charge in [-0.15, -0.1) is 0 Å². The van der Waals surface area contributed by atoms with Crippen molar-refractivity contribution in [3.05, 3.63) is 0 Å². The number of esters is 1. The Labute approximate surface area is 92.8 Å². The lowest BCUT2D eigenvalue weighted by molar-refractivity contribution is -0.160. The second-order valence-corrected chi connectivity index (χ2v) is 5.94. The van der Waals surface area contributed by atoms with Crippen molar-refractivity contribution in [3.8, 4) is 0 Å². The van der Waals surface area contributed by atoms with Crippen LogP contribution < -0.4 is 0 Å². The Hall–Kier alpha value is -0.570. The van der Waals surface area contributed by atoms with Crippen molar-refractivity contribution in [1.29, 1.82) is 0 Å². The van der Waals surface area contributed by atoms with E-state index in [4.69, 9.17) is 4.74 Å². The van der Waals surface area contributed by atoms with Gasteiger partial charge in [0.25, 0.3) is 0 Å². The minimum Gasteiger partial charge on any atom is -0.465 e. The maximum absolute atomic E-state index is 11.6. The summed E-state index contributed by atoms with van der Waals surface area (Å²) >= 11 is 0. The Morgan fingerprint density at radius 2 is 1.93 bits per heavy atom. The van der Waals surface area contributed by atoms with E-state index in [9.17, 15) is 4.79 Å². The molecule has 0 N–H and O–H groups in total. The second-order valence-electron chi connectivity index (χ2n) is 5.94. The fourth-order valence-corrected chi connectivity index (χ4v) is 1.80. The fraction of sp³-hybridized carbons (Fsp3) is 0.917. The molecule has 0 aliphatic carbocycles. The molecule has 0 unspecified atom stereocenters. The van der Waals surface area contributed by atoms with Gasteiger partial charge in [0.1, 0.15) is 0 Å². The smallest absolute Gasteiger partial charge is 0.311 e. The highest BCUT2D eigenvalue weighted by molar-refractivity contribution is 5.75. The number of likely N-dealkylation sites (tertiary alicyclic amines) is 1. The van der Waals surface area contributed by atoms with Gasteiger partial charge in [-0.2, -0.15) is 0 Å². The van der Waals surface area contributed by atoms with E-state index in [0.717, 1.165) is 19.6 Å². The van der Waals surface area contributed by atoms with Crippen molar-refractivity contribution in [1.82, 2.24) is 4.90 Å². The Morgan fingerprint density at radius 3 is 2.33 bits per heavy atom. The highest BCUT2D eigenvalue weighted by Gasteiger charge is 2.39. The number of carbonyl (C=O) groups excluding carboxylic acids is 1. The van der Waals surface area contributed by atoms with Crippen LogP contribution in [0.25, 0.3) is 0 Å². The van der Waals surface area contributed by atoms with Gasteiger partial charge in [-0.25, -0.2) is 0 Å². The molecule has 1 fully saturated rings. The predicted octanol–water partition coefficient (Wildman–Crippen LogP) is 1.92. The van der Waals surface area contributed by atoms with Crippen LogP contribution in [0.3, 0.4) is 0 Å². The molecule has 1 rings (SSSR count). The number of hydrogen-bond donors (Lipinski definition) is 0. The first-order chi connectivity index (χ1) is 6.77. The van der Waals surface area contributed by atoms with Crippen LogP contribution in [0.1, 0.15) is 34.6 Å². The molecule has 3 nitrogen and oxygen atoms in total. The van der Waals surface area contributed by atoms with Crippen molar-refractivity contribution in [2.24, 2.45) is 10.8 Å². The Balaban J connectivity index is 2.30. The van der Waals surface area contributed by atoms with E-state index in [-0.39, 0.29) is 16.8 Å². The Morgan fingerprint density at radius 1 is 1.40 bits per heavy atom. The zero-order valence-electron chi connectivity index (χ0n) is 10.6. The van der Waals surface area contributed by atoms with Crippen molar-refractivity contribution < 1.29 is 9.53 Å². The number of nitrogens with zero attached hydrogens (tertiary/aromatic N) is 1. The van der Waals surface area contributed by atoms with Gasteiger partial charge in [0, 0.05) is 18.5 Å². The lowest BCUT2D eigenvalue weighted by atomic mass is 9.83. The minimum absolute atomic E-state index is 0.0985. The molecular formula is C12H23NO2. The molecule has 1 saturated heterocycles. The summed E-state index contributed by atoms with van der Waals surface area (Å²) in [6, 6.07) is 0. The number of ether oxygens (including phenoxy) is 1. The first kappa shape index (κ1) is 12.5. The Bertz CT molecular complexity index is 236. The summed E-state index contributed by atoms with van der Waals surface area (Å²) in [7, 11) is 0. The lowest BCUT2D eigenvalue weighted by Crippen LogP contribution is -2.56. The third-order valence-electron chi connectivity index (χ3n) is 2.82. The molecule has 1 aliphatic heterocycles. The normalized spacial score (nSPS) is 20.9. The first-order valence-corrected chi connectivity index (χ1v) is 5.66. The monoisotopic (exact) mass is 213 g/mol. The summed E-state index contributed by atoms with van der Waals surface area (Å²) in [5, 5.41) is 0. The summed E-state index contributed by atoms with van der Waals surface area (Å²) < 4.78 is 5.34. The highest BCUT2D eigenvalue weighted by atomic mass is 16.5. The summed E-state index contributed by atoms with van der Waals surface area (Å²) in [5.41, 5.74) is -0.207. The molecule has 1 aliphatic rings. The molecule has 0 aromatic carbocycles. The molecule has 0 aromatic rings. The molecule has 0 saturated carbocycles. The number of rotatable bonds is 3. The molecule has 0 radical (unpaired) electrons. The van der Waals surface area contributed by atoms with Gasteiger partial charge in [0.05, 0.1) is 12.0 Å². The average molecular weight is 213 g/mol. The first-order valence-electron chi connectivity index (χ1n) is 5.66. The van der Waals surface area contributed by atoms with E-state index >= 15 is 0 Å². The van der Waals surface area contributed by atoms with Crippen LogP contribution >= 0.6 is 0 Å².